The summed E-state index contributed by atoms with van der Waals surface area (Å²) in [5.74, 6) is -5.96. The fraction of sp³-hybridized carbons (Fsp3) is 0.333. The number of Topliss-reactive ketones (excluding diaryl/α,β-unsaturated/α-hetero) is 1. The van der Waals surface area contributed by atoms with Crippen molar-refractivity contribution in [2.75, 3.05) is 0 Å². The number of carboxylic acids is 3. The van der Waals surface area contributed by atoms with E-state index in [9.17, 15) is 29.4 Å². The Labute approximate surface area is 167 Å². The van der Waals surface area contributed by atoms with Gasteiger partial charge in [-0.15, -0.1) is 0 Å². The molecule has 3 atom stereocenters. The van der Waals surface area contributed by atoms with Gasteiger partial charge in [0.25, 0.3) is 5.78 Å². The van der Waals surface area contributed by atoms with Crippen LogP contribution in [-0.2, 0) is 19.2 Å². The zero-order valence-electron chi connectivity index (χ0n) is 15.9. The second-order valence-corrected chi connectivity index (χ2v) is 6.76. The summed E-state index contributed by atoms with van der Waals surface area (Å²) < 4.78 is 0. The molecular weight excluding hydrogens is 378 g/mol. The monoisotopic (exact) mass is 401 g/mol. The van der Waals surface area contributed by atoms with E-state index in [0.29, 0.717) is 12.0 Å². The summed E-state index contributed by atoms with van der Waals surface area (Å²) in [6, 6.07) is 10.4. The van der Waals surface area contributed by atoms with Gasteiger partial charge in [-0.1, -0.05) is 49.4 Å². The molecular formula is C21H23NO7. The highest BCUT2D eigenvalue weighted by Crippen LogP contribution is 2.28. The van der Waals surface area contributed by atoms with Gasteiger partial charge in [-0.25, -0.2) is 4.79 Å². The molecule has 0 aliphatic rings. The van der Waals surface area contributed by atoms with Crippen molar-refractivity contribution in [3.8, 4) is 0 Å². The average molecular weight is 401 g/mol. The lowest BCUT2D eigenvalue weighted by Gasteiger charge is -2.28. The molecule has 0 heterocycles. The van der Waals surface area contributed by atoms with Gasteiger partial charge in [-0.2, -0.15) is 0 Å². The zero-order valence-corrected chi connectivity index (χ0v) is 15.9. The van der Waals surface area contributed by atoms with Crippen LogP contribution in [0.2, 0.25) is 0 Å². The number of ketones is 1. The molecule has 0 bridgehead atoms. The molecule has 154 valence electrons. The van der Waals surface area contributed by atoms with Crippen LogP contribution in [0.15, 0.2) is 42.5 Å². The van der Waals surface area contributed by atoms with Gasteiger partial charge in [0.1, 0.15) is 6.04 Å². The maximum absolute atomic E-state index is 12.4. The molecule has 0 spiro atoms. The molecule has 29 heavy (non-hydrogen) atoms. The fourth-order valence-electron chi connectivity index (χ4n) is 3.37. The average Bonchev–Trinajstić information content (AvgIpc) is 2.69. The number of hydrogen-bond donors (Lipinski definition) is 4. The molecule has 0 saturated heterocycles. The van der Waals surface area contributed by atoms with Gasteiger partial charge in [0.05, 0.1) is 6.04 Å². The minimum atomic E-state index is -1.68. The molecule has 8 heteroatoms. The molecule has 0 aromatic heterocycles. The summed E-state index contributed by atoms with van der Waals surface area (Å²) in [6.45, 7) is 1.77. The largest absolute Gasteiger partial charge is 0.481 e. The third-order valence-electron chi connectivity index (χ3n) is 4.86. The van der Waals surface area contributed by atoms with Crippen molar-refractivity contribution < 1.29 is 34.5 Å². The normalized spacial score (nSPS) is 14.1. The quantitative estimate of drug-likeness (QED) is 0.420. The van der Waals surface area contributed by atoms with E-state index >= 15 is 0 Å². The van der Waals surface area contributed by atoms with Crippen molar-refractivity contribution in [1.82, 2.24) is 5.32 Å². The Balaban J connectivity index is 2.41. The van der Waals surface area contributed by atoms with Gasteiger partial charge in [0.15, 0.2) is 0 Å². The van der Waals surface area contributed by atoms with Crippen LogP contribution in [0.4, 0.5) is 0 Å². The van der Waals surface area contributed by atoms with E-state index < -0.39 is 48.1 Å². The Morgan fingerprint density at radius 1 is 0.966 bits per heavy atom. The zero-order chi connectivity index (χ0) is 21.6. The summed E-state index contributed by atoms with van der Waals surface area (Å²) in [5.41, 5.74) is 0.695. The highest BCUT2D eigenvalue weighted by atomic mass is 16.4. The minimum absolute atomic E-state index is 0.276. The predicted molar refractivity (Wildman–Crippen MR) is 105 cm³/mol. The first-order chi connectivity index (χ1) is 13.7. The molecule has 0 amide bonds. The van der Waals surface area contributed by atoms with E-state index in [1.54, 1.807) is 13.0 Å². The molecule has 0 fully saturated rings. The standard InChI is InChI=1S/C21H23NO7/c1-2-15(14-8-7-12-5-3-4-6-13(12)11-14)18(19(25)21(28)29)22-16(20(26)27)9-10-17(23)24/h3-8,11,15-16,18,22H,2,9-10H2,1H3,(H,23,24)(H,26,27)(H,28,29)/t15?,16-,18?/m0/s1. The minimum Gasteiger partial charge on any atom is -0.481 e. The van der Waals surface area contributed by atoms with Gasteiger partial charge in [0, 0.05) is 12.3 Å². The maximum atomic E-state index is 12.4. The Bertz CT molecular complexity index is 924. The number of carbonyl (C=O) groups is 4. The summed E-state index contributed by atoms with van der Waals surface area (Å²) in [5, 5.41) is 32.0. The molecule has 0 aliphatic heterocycles. The number of fused-ring (bicyclic) bond motifs is 1. The summed E-state index contributed by atoms with van der Waals surface area (Å²) in [4.78, 5) is 46.2. The summed E-state index contributed by atoms with van der Waals surface area (Å²) in [6.07, 6.45) is -0.326. The third-order valence-corrected chi connectivity index (χ3v) is 4.86. The van der Waals surface area contributed by atoms with E-state index in [4.69, 9.17) is 5.11 Å². The number of hydrogen-bond acceptors (Lipinski definition) is 5. The van der Waals surface area contributed by atoms with E-state index in [1.165, 1.54) is 0 Å². The number of rotatable bonds is 11. The highest BCUT2D eigenvalue weighted by molar-refractivity contribution is 6.35. The number of carboxylic acid groups (broad SMARTS) is 3. The van der Waals surface area contributed by atoms with Gasteiger partial charge in [0.2, 0.25) is 0 Å². The molecule has 0 saturated carbocycles. The van der Waals surface area contributed by atoms with Crippen LogP contribution < -0.4 is 5.32 Å². The number of nitrogens with one attached hydrogen (secondary N) is 1. The second kappa shape index (κ2) is 9.79. The van der Waals surface area contributed by atoms with Crippen molar-refractivity contribution >= 4 is 34.5 Å². The molecule has 2 rings (SSSR count). The van der Waals surface area contributed by atoms with Crippen molar-refractivity contribution in [3.05, 3.63) is 48.0 Å². The Morgan fingerprint density at radius 3 is 2.17 bits per heavy atom. The molecule has 4 N–H and O–H groups in total. The Kier molecular flexibility index (Phi) is 7.44. The van der Waals surface area contributed by atoms with Crippen LogP contribution in [0.25, 0.3) is 10.8 Å². The van der Waals surface area contributed by atoms with Crippen molar-refractivity contribution in [2.24, 2.45) is 0 Å². The molecule has 8 nitrogen and oxygen atoms in total. The predicted octanol–water partition coefficient (Wildman–Crippen LogP) is 2.26. The van der Waals surface area contributed by atoms with Crippen molar-refractivity contribution in [1.29, 1.82) is 0 Å². The van der Waals surface area contributed by atoms with E-state index in [2.05, 4.69) is 5.32 Å². The molecule has 2 aromatic carbocycles. The van der Waals surface area contributed by atoms with E-state index in [1.807, 2.05) is 36.4 Å². The third kappa shape index (κ3) is 5.61. The smallest absolute Gasteiger partial charge is 0.373 e. The first kappa shape index (κ1) is 22.0. The Morgan fingerprint density at radius 2 is 1.62 bits per heavy atom. The lowest BCUT2D eigenvalue weighted by Crippen LogP contribution is -2.52. The summed E-state index contributed by atoms with van der Waals surface area (Å²) >= 11 is 0. The van der Waals surface area contributed by atoms with Gasteiger partial charge >= 0.3 is 17.9 Å². The van der Waals surface area contributed by atoms with E-state index in [-0.39, 0.29) is 6.42 Å². The topological polar surface area (TPSA) is 141 Å². The maximum Gasteiger partial charge on any atom is 0.373 e. The molecule has 0 aliphatic carbocycles. The van der Waals surface area contributed by atoms with Crippen LogP contribution in [0, 0.1) is 0 Å². The van der Waals surface area contributed by atoms with E-state index in [0.717, 1.165) is 10.8 Å². The molecule has 2 aromatic rings. The van der Waals surface area contributed by atoms with Crippen LogP contribution in [-0.4, -0.2) is 51.1 Å². The van der Waals surface area contributed by atoms with Crippen LogP contribution >= 0.6 is 0 Å². The van der Waals surface area contributed by atoms with Crippen molar-refractivity contribution in [2.45, 2.75) is 44.2 Å². The number of benzene rings is 2. The van der Waals surface area contributed by atoms with Gasteiger partial charge < -0.3 is 15.3 Å². The Hall–Kier alpha value is -3.26. The summed E-state index contributed by atoms with van der Waals surface area (Å²) in [7, 11) is 0. The van der Waals surface area contributed by atoms with Crippen molar-refractivity contribution in [3.63, 3.8) is 0 Å². The fourth-order valence-corrected chi connectivity index (χ4v) is 3.37. The molecule has 2 unspecified atom stereocenters. The lowest BCUT2D eigenvalue weighted by molar-refractivity contribution is -0.151. The van der Waals surface area contributed by atoms with Crippen LogP contribution in [0.1, 0.15) is 37.7 Å². The first-order valence-electron chi connectivity index (χ1n) is 9.21. The van der Waals surface area contributed by atoms with Crippen LogP contribution in [0.3, 0.4) is 0 Å². The van der Waals surface area contributed by atoms with Gasteiger partial charge in [-0.05, 0) is 29.2 Å². The first-order valence-corrected chi connectivity index (χ1v) is 9.21. The number of carbonyl (C=O) groups excluding carboxylic acids is 1. The SMILES string of the molecule is CCC(c1ccc2ccccc2c1)C(N[C@@H](CCC(=O)O)C(=O)O)C(=O)C(=O)O. The van der Waals surface area contributed by atoms with Crippen LogP contribution in [0.5, 0.6) is 0 Å². The lowest BCUT2D eigenvalue weighted by atomic mass is 9.85. The second-order valence-electron chi connectivity index (χ2n) is 6.76. The molecule has 0 radical (unpaired) electrons. The number of aliphatic carboxylic acids is 3. The van der Waals surface area contributed by atoms with Gasteiger partial charge in [-0.3, -0.25) is 19.7 Å². The highest BCUT2D eigenvalue weighted by Gasteiger charge is 2.36.